The quantitative estimate of drug-likeness (QED) is 0.154. The van der Waals surface area contributed by atoms with Gasteiger partial charge in [0.05, 0.1) is 0 Å². The first-order chi connectivity index (χ1) is 30.9. The monoisotopic (exact) mass is 1050 g/mol. The maximum Gasteiger partial charge on any atom is -0.0809 e. The normalized spacial score (nSPS) is 14.4. The van der Waals surface area contributed by atoms with Crippen LogP contribution in [0.1, 0.15) is 77.6 Å². The summed E-state index contributed by atoms with van der Waals surface area (Å²) in [5.74, 6) is 1.12. The molecule has 332 valence electrons. The number of benzene rings is 6. The van der Waals surface area contributed by atoms with E-state index in [0.29, 0.717) is 11.8 Å². The first kappa shape index (κ1) is 55.9. The second-order valence-corrected chi connectivity index (χ2v) is 18.6. The summed E-state index contributed by atoms with van der Waals surface area (Å²) >= 11 is 2.92. The molecular weight excluding hydrogens is 998 g/mol. The van der Waals surface area contributed by atoms with E-state index in [9.17, 15) is 0 Å². The van der Waals surface area contributed by atoms with E-state index in [1.807, 2.05) is 0 Å². The van der Waals surface area contributed by atoms with Crippen LogP contribution < -0.4 is 24.8 Å². The van der Waals surface area contributed by atoms with Gasteiger partial charge in [0.15, 0.2) is 0 Å². The molecule has 0 radical (unpaired) electrons. The average molecular weight is 1060 g/mol. The van der Waals surface area contributed by atoms with E-state index in [2.05, 4.69) is 274 Å². The Kier molecular flexibility index (Phi) is 24.9. The molecule has 8 aromatic rings. The van der Waals surface area contributed by atoms with Crippen molar-refractivity contribution in [3.8, 4) is 0 Å². The third-order valence-corrected chi connectivity index (χ3v) is 14.7. The molecule has 0 amide bonds. The largest absolute Gasteiger partial charge is 0.168 e. The van der Waals surface area contributed by atoms with Gasteiger partial charge in [-0.05, 0) is 0 Å². The van der Waals surface area contributed by atoms with Gasteiger partial charge in [0, 0.05) is 0 Å². The molecule has 0 saturated carbocycles. The van der Waals surface area contributed by atoms with Gasteiger partial charge in [-0.1, -0.05) is 65.5 Å². The van der Waals surface area contributed by atoms with Crippen molar-refractivity contribution in [1.82, 2.24) is 0 Å². The molecular formula is C62H60Cl2Zr2-2. The fraction of sp³-hybridized carbons (Fsp3) is 0.161. The summed E-state index contributed by atoms with van der Waals surface area (Å²) in [6.45, 7) is 17.3. The number of hydrogen-bond acceptors (Lipinski definition) is 0. The van der Waals surface area contributed by atoms with Crippen LogP contribution in [-0.2, 0) is 48.5 Å². The van der Waals surface area contributed by atoms with E-state index < -0.39 is 0 Å². The van der Waals surface area contributed by atoms with Crippen LogP contribution in [0.5, 0.6) is 0 Å². The van der Waals surface area contributed by atoms with E-state index in [-0.39, 0.29) is 24.8 Å². The Morgan fingerprint density at radius 2 is 0.636 bits per heavy atom. The SMILES string of the molecule is CC1=[C-]C(C)C(C)=C1C.CC1=[C-]C(C)C(C)=C1C.[Cl-].[Cl-].[Zr+2]=[C](c1ccccc1)c1ccccc1.[Zr+2]=[C](c1ccccc1)c1ccccc1.c1ccc2[cH-]ccc2c1.c1ccc2[cH-]ccc2c1. The molecule has 0 aromatic heterocycles. The fourth-order valence-electron chi connectivity index (χ4n) is 7.22. The van der Waals surface area contributed by atoms with Crippen LogP contribution in [0.25, 0.3) is 21.5 Å². The van der Waals surface area contributed by atoms with E-state index in [4.69, 9.17) is 0 Å². The standard InChI is InChI=1S/2C13H10.2C9H7.2C9H13.2ClH.2Zr/c2*1-3-7-12(8-4-1)11-13-9-5-2-6-10-13;2*1-2-5-9-7-3-6-8(9)4-1;2*1-6-5-7(2)9(4)8(6)3;;;;/h2*1-10H;2*1-7H;2*6H,1-4H3;2*1H;;/q;;4*-1;;;2*+2/p-2. The summed E-state index contributed by atoms with van der Waals surface area (Å²) in [5.41, 5.74) is 13.8. The number of fused-ring (bicyclic) bond motifs is 2. The molecule has 2 unspecified atom stereocenters. The molecule has 2 atom stereocenters. The maximum absolute atomic E-state index is 3.36. The first-order valence-corrected chi connectivity index (χ1v) is 24.6. The van der Waals surface area contributed by atoms with Gasteiger partial charge in [0.25, 0.3) is 0 Å². The molecule has 4 heteroatoms. The number of halogens is 2. The molecule has 8 aromatic carbocycles. The van der Waals surface area contributed by atoms with Crippen molar-refractivity contribution in [3.63, 3.8) is 0 Å². The minimum atomic E-state index is 0. The Hall–Kier alpha value is -4.41. The van der Waals surface area contributed by atoms with Gasteiger partial charge in [-0.2, -0.15) is 57.3 Å². The number of allylic oxidation sites excluding steroid dienone is 8. The predicted molar refractivity (Wildman–Crippen MR) is 271 cm³/mol. The summed E-state index contributed by atoms with van der Waals surface area (Å²) in [7, 11) is 0. The Balaban J connectivity index is 0.000000211. The van der Waals surface area contributed by atoms with Crippen LogP contribution in [0.2, 0.25) is 0 Å². The Morgan fingerprint density at radius 3 is 0.848 bits per heavy atom. The summed E-state index contributed by atoms with van der Waals surface area (Å²) in [6.07, 6.45) is 6.72. The zero-order valence-corrected chi connectivity index (χ0v) is 46.0. The Bertz CT molecular complexity index is 2480. The van der Waals surface area contributed by atoms with Crippen LogP contribution in [0, 0.1) is 24.0 Å². The molecule has 0 saturated heterocycles. The molecule has 0 heterocycles. The predicted octanol–water partition coefficient (Wildman–Crippen LogP) is 10.2. The van der Waals surface area contributed by atoms with Gasteiger partial charge in [0.1, 0.15) is 0 Å². The average Bonchev–Trinajstić information content (AvgIpc) is 4.13. The second kappa shape index (κ2) is 29.4. The fourth-order valence-corrected chi connectivity index (χ4v) is 8.85. The molecule has 0 fully saturated rings. The minimum Gasteiger partial charge on any atom is -0.168 e. The van der Waals surface area contributed by atoms with Gasteiger partial charge in [-0.15, -0.1) is 73.2 Å². The molecule has 0 spiro atoms. The van der Waals surface area contributed by atoms with E-state index in [0.717, 1.165) is 0 Å². The van der Waals surface area contributed by atoms with Crippen LogP contribution >= 0.6 is 0 Å². The zero-order chi connectivity index (χ0) is 45.8. The molecule has 2 aliphatic carbocycles. The van der Waals surface area contributed by atoms with Crippen LogP contribution in [-0.4, -0.2) is 6.41 Å². The van der Waals surface area contributed by atoms with Gasteiger partial charge >= 0.3 is 198 Å². The summed E-state index contributed by atoms with van der Waals surface area (Å²) in [5, 5.41) is 5.32. The summed E-state index contributed by atoms with van der Waals surface area (Å²) in [4.78, 5) is 0. The number of rotatable bonds is 4. The zero-order valence-electron chi connectivity index (χ0n) is 39.5. The molecule has 0 bridgehead atoms. The summed E-state index contributed by atoms with van der Waals surface area (Å²) < 4.78 is 2.83. The van der Waals surface area contributed by atoms with Crippen molar-refractivity contribution in [2.45, 2.75) is 55.4 Å². The van der Waals surface area contributed by atoms with Crippen molar-refractivity contribution in [3.05, 3.63) is 274 Å². The minimum absolute atomic E-state index is 0. The van der Waals surface area contributed by atoms with Gasteiger partial charge < -0.3 is 24.8 Å². The molecule has 10 rings (SSSR count). The van der Waals surface area contributed by atoms with Gasteiger partial charge in [-0.3, -0.25) is 12.2 Å². The molecule has 2 aliphatic rings. The van der Waals surface area contributed by atoms with Crippen LogP contribution in [0.4, 0.5) is 0 Å². The van der Waals surface area contributed by atoms with Crippen molar-refractivity contribution in [1.29, 1.82) is 0 Å². The third kappa shape index (κ3) is 17.0. The molecule has 0 N–H and O–H groups in total. The topological polar surface area (TPSA) is 0 Å². The van der Waals surface area contributed by atoms with E-state index in [1.165, 1.54) is 132 Å². The third-order valence-electron chi connectivity index (χ3n) is 11.8. The Morgan fingerprint density at radius 1 is 0.379 bits per heavy atom. The van der Waals surface area contributed by atoms with Crippen molar-refractivity contribution < 1.29 is 73.3 Å². The molecule has 0 nitrogen and oxygen atoms in total. The van der Waals surface area contributed by atoms with Crippen molar-refractivity contribution in [2.75, 3.05) is 0 Å². The first-order valence-electron chi connectivity index (χ1n) is 22.1. The van der Waals surface area contributed by atoms with Crippen molar-refractivity contribution in [2.24, 2.45) is 11.8 Å². The van der Waals surface area contributed by atoms with Crippen molar-refractivity contribution >= 4 is 28.0 Å². The van der Waals surface area contributed by atoms with E-state index in [1.54, 1.807) is 0 Å². The van der Waals surface area contributed by atoms with Crippen LogP contribution in [0.15, 0.2) is 240 Å². The maximum atomic E-state index is 3.36. The molecule has 66 heavy (non-hydrogen) atoms. The second-order valence-electron chi connectivity index (χ2n) is 16.1. The van der Waals surface area contributed by atoms with Gasteiger partial charge in [0.2, 0.25) is 0 Å². The number of hydrogen-bond donors (Lipinski definition) is 0. The van der Waals surface area contributed by atoms with Crippen LogP contribution in [0.3, 0.4) is 0 Å². The molecule has 0 aliphatic heterocycles. The van der Waals surface area contributed by atoms with Gasteiger partial charge in [-0.25, -0.2) is 11.1 Å². The summed E-state index contributed by atoms with van der Waals surface area (Å²) in [6, 6.07) is 71.6. The smallest absolute Gasteiger partial charge is 0.0809 e. The van der Waals surface area contributed by atoms with E-state index >= 15 is 0 Å². The Labute approximate surface area is 438 Å².